The Morgan fingerprint density at radius 2 is 1.33 bits per heavy atom. The molecule has 0 aliphatic carbocycles. The lowest BCUT2D eigenvalue weighted by Gasteiger charge is -2.46. The second kappa shape index (κ2) is 10.6. The molecule has 30 heavy (non-hydrogen) atoms. The molecule has 4 rings (SSSR count). The molecule has 2 aliphatic heterocycles. The van der Waals surface area contributed by atoms with E-state index in [4.69, 9.17) is 0 Å². The van der Waals surface area contributed by atoms with E-state index in [0.717, 1.165) is 51.2 Å². The third-order valence-corrected chi connectivity index (χ3v) is 7.61. The Balaban J connectivity index is 1.19. The summed E-state index contributed by atoms with van der Waals surface area (Å²) in [6, 6.07) is 22.4. The Hall–Kier alpha value is -1.68. The van der Waals surface area contributed by atoms with Crippen LogP contribution in [0.15, 0.2) is 60.7 Å². The van der Waals surface area contributed by atoms with E-state index in [0.29, 0.717) is 6.61 Å². The molecule has 2 fully saturated rings. The van der Waals surface area contributed by atoms with Crippen molar-refractivity contribution in [2.45, 2.75) is 51.0 Å². The molecule has 1 N–H and O–H groups in total. The molecule has 0 saturated carbocycles. The first-order chi connectivity index (χ1) is 14.8. The van der Waals surface area contributed by atoms with Crippen molar-refractivity contribution < 1.29 is 5.11 Å². The van der Waals surface area contributed by atoms with Crippen LogP contribution in [0.1, 0.15) is 43.2 Å². The van der Waals surface area contributed by atoms with E-state index >= 15 is 0 Å². The van der Waals surface area contributed by atoms with Crippen molar-refractivity contribution in [3.63, 3.8) is 0 Å². The summed E-state index contributed by atoms with van der Waals surface area (Å²) in [6.45, 7) is 6.30. The molecule has 0 amide bonds. The molecule has 2 aromatic carbocycles. The minimum Gasteiger partial charge on any atom is -0.396 e. The van der Waals surface area contributed by atoms with Gasteiger partial charge in [0.15, 0.2) is 0 Å². The number of benzene rings is 2. The highest BCUT2D eigenvalue weighted by atomic mass is 16.3. The topological polar surface area (TPSA) is 26.7 Å². The quantitative estimate of drug-likeness (QED) is 0.704. The Morgan fingerprint density at radius 1 is 0.767 bits per heavy atom. The summed E-state index contributed by atoms with van der Waals surface area (Å²) in [5.41, 5.74) is 2.98. The van der Waals surface area contributed by atoms with Crippen LogP contribution in [0.4, 0.5) is 0 Å². The molecule has 3 nitrogen and oxygen atoms in total. The van der Waals surface area contributed by atoms with Gasteiger partial charge in [-0.1, -0.05) is 60.7 Å². The second-order valence-corrected chi connectivity index (χ2v) is 9.49. The Bertz CT molecular complexity index is 732. The number of piperidine rings is 2. The SMILES string of the molecule is OCC1(CCc2ccccc2)CCN(C2CCN(CCc3ccccc3)CC2)CC1. The summed E-state index contributed by atoms with van der Waals surface area (Å²) < 4.78 is 0. The van der Waals surface area contributed by atoms with Crippen molar-refractivity contribution in [2.24, 2.45) is 5.41 Å². The number of hydrogen-bond donors (Lipinski definition) is 1. The molecule has 3 heteroatoms. The zero-order chi connectivity index (χ0) is 20.7. The van der Waals surface area contributed by atoms with Gasteiger partial charge < -0.3 is 14.9 Å². The molecule has 0 bridgehead atoms. The monoisotopic (exact) mass is 406 g/mol. The van der Waals surface area contributed by atoms with Crippen molar-refractivity contribution >= 4 is 0 Å². The third kappa shape index (κ3) is 5.72. The minimum absolute atomic E-state index is 0.128. The molecule has 2 saturated heterocycles. The second-order valence-electron chi connectivity index (χ2n) is 9.49. The first-order valence-electron chi connectivity index (χ1n) is 11.9. The van der Waals surface area contributed by atoms with Crippen molar-refractivity contribution in [3.05, 3.63) is 71.8 Å². The first-order valence-corrected chi connectivity index (χ1v) is 11.9. The predicted octanol–water partition coefficient (Wildman–Crippen LogP) is 4.40. The largest absolute Gasteiger partial charge is 0.396 e. The molecule has 0 unspecified atom stereocenters. The average Bonchev–Trinajstić information content (AvgIpc) is 2.83. The zero-order valence-electron chi connectivity index (χ0n) is 18.4. The average molecular weight is 407 g/mol. The Labute approximate surface area is 182 Å². The maximum absolute atomic E-state index is 10.2. The summed E-state index contributed by atoms with van der Waals surface area (Å²) in [4.78, 5) is 5.37. The Morgan fingerprint density at radius 3 is 1.90 bits per heavy atom. The molecule has 2 aliphatic rings. The van der Waals surface area contributed by atoms with E-state index < -0.39 is 0 Å². The van der Waals surface area contributed by atoms with Crippen molar-refractivity contribution in [2.75, 3.05) is 39.3 Å². The van der Waals surface area contributed by atoms with Crippen molar-refractivity contribution in [3.8, 4) is 0 Å². The third-order valence-electron chi connectivity index (χ3n) is 7.61. The Kier molecular flexibility index (Phi) is 7.59. The van der Waals surface area contributed by atoms with E-state index in [2.05, 4.69) is 70.5 Å². The minimum atomic E-state index is 0.128. The van der Waals surface area contributed by atoms with Crippen LogP contribution in [-0.4, -0.2) is 60.3 Å². The van der Waals surface area contributed by atoms with Crippen LogP contribution in [0.5, 0.6) is 0 Å². The number of rotatable bonds is 8. The molecule has 0 atom stereocenters. The number of aliphatic hydroxyl groups excluding tert-OH is 1. The van der Waals surface area contributed by atoms with Crippen molar-refractivity contribution in [1.82, 2.24) is 9.80 Å². The van der Waals surface area contributed by atoms with Crippen LogP contribution in [0.3, 0.4) is 0 Å². The first kappa shape index (κ1) is 21.5. The highest BCUT2D eigenvalue weighted by molar-refractivity contribution is 5.16. The van der Waals surface area contributed by atoms with Gasteiger partial charge in [-0.3, -0.25) is 0 Å². The number of likely N-dealkylation sites (tertiary alicyclic amines) is 2. The maximum Gasteiger partial charge on any atom is 0.0488 e. The van der Waals surface area contributed by atoms with E-state index in [-0.39, 0.29) is 5.41 Å². The molecular weight excluding hydrogens is 368 g/mol. The van der Waals surface area contributed by atoms with E-state index in [9.17, 15) is 5.11 Å². The highest BCUT2D eigenvalue weighted by Gasteiger charge is 2.36. The lowest BCUT2D eigenvalue weighted by Crippen LogP contribution is -2.50. The number of aliphatic hydroxyl groups is 1. The summed E-state index contributed by atoms with van der Waals surface area (Å²) in [7, 11) is 0. The summed E-state index contributed by atoms with van der Waals surface area (Å²) in [6.07, 6.45) is 8.24. The molecule has 2 heterocycles. The summed E-state index contributed by atoms with van der Waals surface area (Å²) >= 11 is 0. The number of hydrogen-bond acceptors (Lipinski definition) is 3. The lowest BCUT2D eigenvalue weighted by atomic mass is 9.74. The fraction of sp³-hybridized carbons (Fsp3) is 0.556. The molecule has 2 aromatic rings. The van der Waals surface area contributed by atoms with Gasteiger partial charge in [0.2, 0.25) is 0 Å². The van der Waals surface area contributed by atoms with Gasteiger partial charge in [-0.15, -0.1) is 0 Å². The van der Waals surface area contributed by atoms with Gasteiger partial charge in [0.25, 0.3) is 0 Å². The molecular formula is C27H38N2O. The fourth-order valence-electron chi connectivity index (χ4n) is 5.34. The standard InChI is InChI=1S/C27H38N2O/c30-23-27(15-11-24-7-3-1-4-8-24)16-21-29(22-17-27)26-13-19-28(20-14-26)18-12-25-9-5-2-6-10-25/h1-10,26,30H,11-23H2. The molecule has 0 radical (unpaired) electrons. The fourth-order valence-corrected chi connectivity index (χ4v) is 5.34. The van der Waals surface area contributed by atoms with Crippen LogP contribution >= 0.6 is 0 Å². The molecule has 162 valence electrons. The lowest BCUT2D eigenvalue weighted by molar-refractivity contribution is 0.00785. The normalized spacial score (nSPS) is 21.0. The van der Waals surface area contributed by atoms with Crippen LogP contribution in [0.25, 0.3) is 0 Å². The summed E-state index contributed by atoms with van der Waals surface area (Å²) in [5.74, 6) is 0. The van der Waals surface area contributed by atoms with Gasteiger partial charge in [0.1, 0.15) is 0 Å². The maximum atomic E-state index is 10.2. The van der Waals surface area contributed by atoms with Gasteiger partial charge >= 0.3 is 0 Å². The number of aryl methyl sites for hydroxylation is 1. The van der Waals surface area contributed by atoms with Gasteiger partial charge in [-0.25, -0.2) is 0 Å². The van der Waals surface area contributed by atoms with E-state index in [1.54, 1.807) is 0 Å². The van der Waals surface area contributed by atoms with Crippen LogP contribution in [-0.2, 0) is 12.8 Å². The van der Waals surface area contributed by atoms with E-state index in [1.165, 1.54) is 43.6 Å². The van der Waals surface area contributed by atoms with Crippen LogP contribution in [0.2, 0.25) is 0 Å². The van der Waals surface area contributed by atoms with Crippen LogP contribution < -0.4 is 0 Å². The van der Waals surface area contributed by atoms with Gasteiger partial charge in [0, 0.05) is 19.2 Å². The molecule has 0 aromatic heterocycles. The predicted molar refractivity (Wildman–Crippen MR) is 125 cm³/mol. The zero-order valence-corrected chi connectivity index (χ0v) is 18.4. The smallest absolute Gasteiger partial charge is 0.0488 e. The molecule has 0 spiro atoms. The van der Waals surface area contributed by atoms with Crippen LogP contribution in [0, 0.1) is 5.41 Å². The highest BCUT2D eigenvalue weighted by Crippen LogP contribution is 2.37. The van der Waals surface area contributed by atoms with Gasteiger partial charge in [-0.2, -0.15) is 0 Å². The summed E-state index contributed by atoms with van der Waals surface area (Å²) in [5, 5.41) is 10.2. The van der Waals surface area contributed by atoms with Crippen molar-refractivity contribution in [1.29, 1.82) is 0 Å². The van der Waals surface area contributed by atoms with Gasteiger partial charge in [-0.05, 0) is 87.7 Å². The number of nitrogens with zero attached hydrogens (tertiary/aromatic N) is 2. The van der Waals surface area contributed by atoms with E-state index in [1.807, 2.05) is 0 Å². The van der Waals surface area contributed by atoms with Gasteiger partial charge in [0.05, 0.1) is 0 Å².